The third kappa shape index (κ3) is 4.17. The number of para-hydroxylation sites is 1. The first kappa shape index (κ1) is 25.2. The molecule has 0 saturated heterocycles. The van der Waals surface area contributed by atoms with Crippen LogP contribution >= 0.6 is 0 Å². The molecule has 3 aromatic heterocycles. The van der Waals surface area contributed by atoms with Gasteiger partial charge in [0.1, 0.15) is 5.58 Å². The summed E-state index contributed by atoms with van der Waals surface area (Å²) in [6.45, 7) is 0. The van der Waals surface area contributed by atoms with Crippen molar-refractivity contribution in [2.45, 2.75) is 0 Å². The summed E-state index contributed by atoms with van der Waals surface area (Å²) < 4.78 is 8.80. The van der Waals surface area contributed by atoms with Gasteiger partial charge in [-0.05, 0) is 6.07 Å². The van der Waals surface area contributed by atoms with E-state index in [1.807, 2.05) is 30.3 Å². The molecule has 0 aliphatic carbocycles. The fourth-order valence-electron chi connectivity index (χ4n) is 6.01. The quantitative estimate of drug-likeness (QED) is 0.182. The maximum atomic E-state index is 6.07. The van der Waals surface area contributed by atoms with E-state index >= 15 is 0 Å². The number of nitrogens with zero attached hydrogens (tertiary/aromatic N) is 3. The molecule has 9 aromatic rings. The van der Waals surface area contributed by atoms with Crippen LogP contribution in [0.4, 0.5) is 0 Å². The molecule has 44 heavy (non-hydrogen) atoms. The van der Waals surface area contributed by atoms with Gasteiger partial charge in [0.15, 0.2) is 0 Å². The maximum absolute atomic E-state index is 6.07. The predicted molar refractivity (Wildman–Crippen MR) is 181 cm³/mol. The van der Waals surface area contributed by atoms with E-state index in [1.54, 1.807) is 0 Å². The number of rotatable bonds is 4. The van der Waals surface area contributed by atoms with Crippen molar-refractivity contribution in [1.82, 2.24) is 15.0 Å². The molecule has 4 nitrogen and oxygen atoms in total. The zero-order chi connectivity index (χ0) is 29.0. The van der Waals surface area contributed by atoms with Crippen molar-refractivity contribution in [1.29, 1.82) is 0 Å². The normalized spacial score (nSPS) is 11.6. The molecule has 6 aromatic carbocycles. The molecule has 0 saturated carbocycles. The first-order valence-corrected chi connectivity index (χ1v) is 16.2. The molecule has 0 aliphatic rings. The molecular formula is C39H23N3OSe. The van der Waals surface area contributed by atoms with Gasteiger partial charge in [0.25, 0.3) is 0 Å². The van der Waals surface area contributed by atoms with Crippen molar-refractivity contribution in [3.05, 3.63) is 140 Å². The van der Waals surface area contributed by atoms with Gasteiger partial charge < -0.3 is 4.42 Å². The molecule has 0 spiro atoms. The molecule has 0 atom stereocenters. The minimum atomic E-state index is 0.179. The van der Waals surface area contributed by atoms with E-state index in [0.29, 0.717) is 17.5 Å². The van der Waals surface area contributed by atoms with Crippen molar-refractivity contribution in [2.75, 3.05) is 0 Å². The van der Waals surface area contributed by atoms with Crippen molar-refractivity contribution >= 4 is 55.7 Å². The predicted octanol–water partition coefficient (Wildman–Crippen LogP) is 9.80. The van der Waals surface area contributed by atoms with Crippen LogP contribution in [0.25, 0.3) is 86.5 Å². The summed E-state index contributed by atoms with van der Waals surface area (Å²) in [5, 5.41) is 4.83. The molecule has 0 radical (unpaired) electrons. The summed E-state index contributed by atoms with van der Waals surface area (Å²) >= 11 is 0.179. The number of hydrogen-bond acceptors (Lipinski definition) is 4. The first-order valence-electron chi connectivity index (χ1n) is 14.5. The third-order valence-corrected chi connectivity index (χ3v) is 10.7. The number of aromatic nitrogens is 3. The Morgan fingerprint density at radius 3 is 1.95 bits per heavy atom. The Morgan fingerprint density at radius 2 is 1.05 bits per heavy atom. The van der Waals surface area contributed by atoms with Crippen molar-refractivity contribution in [3.63, 3.8) is 0 Å². The van der Waals surface area contributed by atoms with Crippen LogP contribution in [-0.2, 0) is 0 Å². The van der Waals surface area contributed by atoms with Gasteiger partial charge in [-0.25, -0.2) is 0 Å². The second kappa shape index (κ2) is 10.1. The van der Waals surface area contributed by atoms with Crippen LogP contribution in [0.2, 0.25) is 0 Å². The van der Waals surface area contributed by atoms with Gasteiger partial charge in [0.2, 0.25) is 0 Å². The van der Waals surface area contributed by atoms with Crippen molar-refractivity contribution in [2.24, 2.45) is 0 Å². The summed E-state index contributed by atoms with van der Waals surface area (Å²) in [6, 6.07) is 48.4. The Morgan fingerprint density at radius 1 is 0.409 bits per heavy atom. The molecule has 0 aliphatic heterocycles. The fourth-order valence-corrected chi connectivity index (χ4v) is 8.55. The van der Waals surface area contributed by atoms with Crippen LogP contribution in [0.3, 0.4) is 0 Å². The summed E-state index contributed by atoms with van der Waals surface area (Å²) in [6.07, 6.45) is 0. The Bertz CT molecular complexity index is 2510. The second-order valence-corrected chi connectivity index (χ2v) is 13.1. The molecule has 0 unspecified atom stereocenters. The van der Waals surface area contributed by atoms with Crippen LogP contribution < -0.4 is 0 Å². The van der Waals surface area contributed by atoms with Gasteiger partial charge in [0, 0.05) is 0 Å². The van der Waals surface area contributed by atoms with Gasteiger partial charge in [-0.3, -0.25) is 0 Å². The molecule has 206 valence electrons. The van der Waals surface area contributed by atoms with Crippen LogP contribution in [0.15, 0.2) is 144 Å². The van der Waals surface area contributed by atoms with E-state index in [2.05, 4.69) is 109 Å². The van der Waals surface area contributed by atoms with E-state index in [4.69, 9.17) is 19.4 Å². The number of fused-ring (bicyclic) bond motifs is 6. The van der Waals surface area contributed by atoms with Gasteiger partial charge in [-0.2, -0.15) is 0 Å². The topological polar surface area (TPSA) is 51.8 Å². The summed E-state index contributed by atoms with van der Waals surface area (Å²) in [7, 11) is 0. The van der Waals surface area contributed by atoms with Crippen LogP contribution in [0.5, 0.6) is 0 Å². The average Bonchev–Trinajstić information content (AvgIpc) is 3.67. The van der Waals surface area contributed by atoms with Gasteiger partial charge in [-0.15, -0.1) is 0 Å². The molecule has 3 heterocycles. The summed E-state index contributed by atoms with van der Waals surface area (Å²) in [5.41, 5.74) is 6.99. The second-order valence-electron chi connectivity index (χ2n) is 10.8. The van der Waals surface area contributed by atoms with Gasteiger partial charge >= 0.3 is 226 Å². The number of furan rings is 1. The Balaban J connectivity index is 1.22. The summed E-state index contributed by atoms with van der Waals surface area (Å²) in [4.78, 5) is 15.2. The monoisotopic (exact) mass is 629 g/mol. The molecule has 5 heteroatoms. The average molecular weight is 629 g/mol. The number of hydrogen-bond donors (Lipinski definition) is 0. The molecule has 0 N–H and O–H groups in total. The SMILES string of the molecule is c1ccc(-c2nc(-c3cccc(-c4ccc5oc6ccccc6c5c4)c3)nc(-c3cccc4c3[se]c3ccccc34)n2)cc1. The van der Waals surface area contributed by atoms with Crippen LogP contribution in [0, 0.1) is 0 Å². The van der Waals surface area contributed by atoms with E-state index in [-0.39, 0.29) is 14.5 Å². The van der Waals surface area contributed by atoms with Gasteiger partial charge in [-0.1, -0.05) is 18.2 Å². The Labute approximate surface area is 259 Å². The first-order chi connectivity index (χ1) is 21.8. The fraction of sp³-hybridized carbons (Fsp3) is 0. The standard InChI is InChI=1S/C39H23N3OSe/c1-2-10-24(11-3-1)37-40-38(42-39(41-37)31-17-9-16-30-29-15-5-7-19-35(29)44-36(30)31)27-13-8-12-25(22-27)26-20-21-34-32(23-26)28-14-4-6-18-33(28)43-34/h1-23H. The van der Waals surface area contributed by atoms with E-state index < -0.39 is 0 Å². The van der Waals surface area contributed by atoms with Gasteiger partial charge in [0.05, 0.1) is 0 Å². The summed E-state index contributed by atoms with van der Waals surface area (Å²) in [5.74, 6) is 2.03. The third-order valence-electron chi connectivity index (χ3n) is 8.14. The number of benzene rings is 6. The molecule has 9 rings (SSSR count). The van der Waals surface area contributed by atoms with E-state index in [1.165, 1.54) is 19.3 Å². The molecular weight excluding hydrogens is 605 g/mol. The zero-order valence-corrected chi connectivity index (χ0v) is 25.2. The van der Waals surface area contributed by atoms with Crippen molar-refractivity contribution < 1.29 is 4.42 Å². The molecule has 0 bridgehead atoms. The van der Waals surface area contributed by atoms with E-state index in [9.17, 15) is 0 Å². The Hall–Kier alpha value is -5.35. The molecule has 0 fully saturated rings. The minimum absolute atomic E-state index is 0.179. The Kier molecular flexibility index (Phi) is 5.80. The zero-order valence-electron chi connectivity index (χ0n) is 23.4. The molecule has 0 amide bonds. The van der Waals surface area contributed by atoms with Crippen molar-refractivity contribution in [3.8, 4) is 45.3 Å². The van der Waals surface area contributed by atoms with Crippen LogP contribution in [-0.4, -0.2) is 29.5 Å². The van der Waals surface area contributed by atoms with Crippen LogP contribution in [0.1, 0.15) is 0 Å². The van der Waals surface area contributed by atoms with E-state index in [0.717, 1.165) is 49.8 Å².